The highest BCUT2D eigenvalue weighted by Gasteiger charge is 2.32. The number of ether oxygens (including phenoxy) is 1. The SMILES string of the molecule is COC(=O)[C@H]1CC[C@@H](CCC2CCCc3nc(C(=O)Nc4cccc(-c5cccc(NC(=O)c6nc7c(n6C)CCN(C6CCC(O)CC6)C7)c5Cl)c4Cl)n(C)c3CC2)CC1. The van der Waals surface area contributed by atoms with Gasteiger partial charge in [-0.1, -0.05) is 66.7 Å². The van der Waals surface area contributed by atoms with Crippen molar-refractivity contribution in [2.24, 2.45) is 31.8 Å². The molecule has 0 spiro atoms. The number of carbonyl (C=O) groups is 3. The summed E-state index contributed by atoms with van der Waals surface area (Å²) in [5, 5.41) is 16.6. The molecule has 2 saturated carbocycles. The van der Waals surface area contributed by atoms with Crippen LogP contribution in [0, 0.1) is 17.8 Å². The topological polar surface area (TPSA) is 144 Å². The zero-order chi connectivity index (χ0) is 42.8. The fourth-order valence-electron chi connectivity index (χ4n) is 10.5. The van der Waals surface area contributed by atoms with E-state index in [2.05, 4.69) is 15.5 Å². The fraction of sp³-hybridized carbons (Fsp3) is 0.553. The Labute approximate surface area is 368 Å². The molecule has 326 valence electrons. The molecular formula is C47H59Cl2N7O5. The molecule has 2 aromatic heterocycles. The Hall–Kier alpha value is -4.23. The zero-order valence-electron chi connectivity index (χ0n) is 35.7. The van der Waals surface area contributed by atoms with Crippen LogP contribution in [0.3, 0.4) is 0 Å². The van der Waals surface area contributed by atoms with Crippen molar-refractivity contribution in [1.82, 2.24) is 24.0 Å². The van der Waals surface area contributed by atoms with E-state index in [1.165, 1.54) is 20.0 Å². The van der Waals surface area contributed by atoms with Gasteiger partial charge in [0.15, 0.2) is 11.6 Å². The molecule has 2 aromatic carbocycles. The number of methoxy groups -OCH3 is 1. The minimum atomic E-state index is -0.356. The lowest BCUT2D eigenvalue weighted by atomic mass is 9.78. The second-order valence-electron chi connectivity index (χ2n) is 17.8. The van der Waals surface area contributed by atoms with Crippen molar-refractivity contribution in [3.05, 3.63) is 80.9 Å². The molecule has 1 aliphatic heterocycles. The second-order valence-corrected chi connectivity index (χ2v) is 18.6. The van der Waals surface area contributed by atoms with Gasteiger partial charge in [0.2, 0.25) is 0 Å². The summed E-state index contributed by atoms with van der Waals surface area (Å²) >= 11 is 14.0. The van der Waals surface area contributed by atoms with Crippen LogP contribution >= 0.6 is 23.2 Å². The molecule has 61 heavy (non-hydrogen) atoms. The van der Waals surface area contributed by atoms with E-state index in [1.807, 2.05) is 47.5 Å². The van der Waals surface area contributed by atoms with Crippen LogP contribution in [-0.2, 0) is 49.4 Å². The number of amides is 2. The van der Waals surface area contributed by atoms with E-state index in [4.69, 9.17) is 37.9 Å². The van der Waals surface area contributed by atoms with Crippen molar-refractivity contribution in [3.8, 4) is 11.1 Å². The van der Waals surface area contributed by atoms with Gasteiger partial charge in [-0.05, 0) is 101 Å². The minimum absolute atomic E-state index is 0.0599. The third-order valence-corrected chi connectivity index (χ3v) is 14.9. The van der Waals surface area contributed by atoms with E-state index in [-0.39, 0.29) is 29.8 Å². The molecular weight excluding hydrogens is 813 g/mol. The molecule has 2 amide bonds. The van der Waals surface area contributed by atoms with Crippen molar-refractivity contribution in [3.63, 3.8) is 0 Å². The number of carbonyl (C=O) groups excluding carboxylic acids is 3. The molecule has 8 rings (SSSR count). The lowest BCUT2D eigenvalue weighted by molar-refractivity contribution is -0.146. The summed E-state index contributed by atoms with van der Waals surface area (Å²) in [6, 6.07) is 11.2. The number of benzene rings is 2. The highest BCUT2D eigenvalue weighted by Crippen LogP contribution is 2.41. The molecule has 3 N–H and O–H groups in total. The predicted octanol–water partition coefficient (Wildman–Crippen LogP) is 8.94. The average molecular weight is 873 g/mol. The normalized spacial score (nSPS) is 23.3. The van der Waals surface area contributed by atoms with Gasteiger partial charge in [-0.3, -0.25) is 19.3 Å². The highest BCUT2D eigenvalue weighted by molar-refractivity contribution is 6.40. The summed E-state index contributed by atoms with van der Waals surface area (Å²) in [4.78, 5) is 51.7. The first-order valence-electron chi connectivity index (χ1n) is 22.3. The van der Waals surface area contributed by atoms with Gasteiger partial charge in [-0.25, -0.2) is 9.97 Å². The molecule has 4 aromatic rings. The Morgan fingerprint density at radius 2 is 1.28 bits per heavy atom. The molecule has 12 nitrogen and oxygen atoms in total. The standard InChI is InChI=1S/C47H59Cl2N7O5/c1-54-39-24-17-28(13-14-29-15-18-30(19-16-29)47(60)61-3)7-4-10-35(39)50-43(54)45(58)52-36-11-5-8-33(41(36)48)34-9-6-12-37(42(34)49)53-46(59)44-51-38-27-56(26-25-40(38)55(44)2)31-20-22-32(57)23-21-31/h5-6,8-9,11-12,28-32,57H,4,7,10,13-27H2,1-3H3,(H,52,58)(H,53,59)/t28?,29-,30+,31?,32?. The average Bonchev–Trinajstić information content (AvgIpc) is 3.76. The van der Waals surface area contributed by atoms with Gasteiger partial charge in [0.1, 0.15) is 0 Å². The summed E-state index contributed by atoms with van der Waals surface area (Å²) < 4.78 is 8.80. The maximum absolute atomic E-state index is 13.9. The van der Waals surface area contributed by atoms with Gasteiger partial charge in [0.05, 0.1) is 51.9 Å². The number of nitrogens with zero attached hydrogens (tertiary/aromatic N) is 5. The first-order valence-corrected chi connectivity index (χ1v) is 23.0. The van der Waals surface area contributed by atoms with Gasteiger partial charge < -0.3 is 29.6 Å². The molecule has 3 aliphatic carbocycles. The number of anilines is 2. The molecule has 14 heteroatoms. The molecule has 0 radical (unpaired) electrons. The minimum Gasteiger partial charge on any atom is -0.469 e. The van der Waals surface area contributed by atoms with Crippen molar-refractivity contribution < 1.29 is 24.2 Å². The molecule has 0 bridgehead atoms. The van der Waals surface area contributed by atoms with Gasteiger partial charge >= 0.3 is 5.97 Å². The number of imidazole rings is 2. The number of halogens is 2. The van der Waals surface area contributed by atoms with E-state index in [9.17, 15) is 19.5 Å². The Bertz CT molecular complexity index is 2250. The lowest BCUT2D eigenvalue weighted by Gasteiger charge is -2.37. The Kier molecular flexibility index (Phi) is 13.5. The number of rotatable bonds is 10. The van der Waals surface area contributed by atoms with Gasteiger partial charge in [-0.2, -0.15) is 0 Å². The lowest BCUT2D eigenvalue weighted by Crippen LogP contribution is -2.42. The number of aryl methyl sites for hydroxylation is 1. The number of esters is 1. The number of fused-ring (bicyclic) bond motifs is 2. The summed E-state index contributed by atoms with van der Waals surface area (Å²) in [5.74, 6) is 1.31. The first-order chi connectivity index (χ1) is 29.5. The van der Waals surface area contributed by atoms with Gasteiger partial charge in [0, 0.05) is 62.2 Å². The van der Waals surface area contributed by atoms with Crippen molar-refractivity contribution in [1.29, 1.82) is 0 Å². The summed E-state index contributed by atoms with van der Waals surface area (Å²) in [7, 11) is 5.29. The molecule has 2 fully saturated rings. The number of aliphatic hydroxyl groups is 1. The second kappa shape index (κ2) is 19.0. The molecule has 4 aliphatic rings. The summed E-state index contributed by atoms with van der Waals surface area (Å²) in [6.07, 6.45) is 15.7. The van der Waals surface area contributed by atoms with Gasteiger partial charge in [-0.15, -0.1) is 0 Å². The third kappa shape index (κ3) is 9.43. The van der Waals surface area contributed by atoms with Crippen molar-refractivity contribution in [2.45, 2.75) is 121 Å². The fourth-order valence-corrected chi connectivity index (χ4v) is 11.0. The monoisotopic (exact) mass is 871 g/mol. The number of nitrogens with one attached hydrogen (secondary N) is 2. The third-order valence-electron chi connectivity index (χ3n) is 14.1. The Morgan fingerprint density at radius 1 is 0.721 bits per heavy atom. The predicted molar refractivity (Wildman–Crippen MR) is 238 cm³/mol. The maximum Gasteiger partial charge on any atom is 0.308 e. The number of hydrogen-bond donors (Lipinski definition) is 3. The van der Waals surface area contributed by atoms with Crippen molar-refractivity contribution >= 4 is 52.4 Å². The van der Waals surface area contributed by atoms with Crippen LogP contribution in [0.15, 0.2) is 36.4 Å². The zero-order valence-corrected chi connectivity index (χ0v) is 37.2. The van der Waals surface area contributed by atoms with Crippen LogP contribution in [-0.4, -0.2) is 72.7 Å². The van der Waals surface area contributed by atoms with Gasteiger partial charge in [0.25, 0.3) is 11.8 Å². The number of hydrogen-bond acceptors (Lipinski definition) is 8. The maximum atomic E-state index is 13.9. The van der Waals surface area contributed by atoms with E-state index >= 15 is 0 Å². The number of aromatic nitrogens is 4. The summed E-state index contributed by atoms with van der Waals surface area (Å²) in [6.45, 7) is 1.59. The first kappa shape index (κ1) is 43.4. The van der Waals surface area contributed by atoms with E-state index in [0.717, 1.165) is 119 Å². The molecule has 0 saturated heterocycles. The Balaban J connectivity index is 0.903. The largest absolute Gasteiger partial charge is 0.469 e. The van der Waals surface area contributed by atoms with E-state index in [0.29, 0.717) is 68.6 Å². The molecule has 1 unspecified atom stereocenters. The van der Waals surface area contributed by atoms with E-state index < -0.39 is 0 Å². The van der Waals surface area contributed by atoms with E-state index in [1.54, 1.807) is 12.1 Å². The van der Waals surface area contributed by atoms with Crippen LogP contribution in [0.4, 0.5) is 11.4 Å². The van der Waals surface area contributed by atoms with Crippen LogP contribution < -0.4 is 10.6 Å². The van der Waals surface area contributed by atoms with Crippen LogP contribution in [0.1, 0.15) is 127 Å². The smallest absolute Gasteiger partial charge is 0.308 e. The summed E-state index contributed by atoms with van der Waals surface area (Å²) in [5.41, 5.74) is 6.16. The quantitative estimate of drug-likeness (QED) is 0.134. The van der Waals surface area contributed by atoms with Crippen LogP contribution in [0.5, 0.6) is 0 Å². The van der Waals surface area contributed by atoms with Crippen LogP contribution in [0.2, 0.25) is 10.0 Å². The number of aliphatic hydroxyl groups excluding tert-OH is 1. The van der Waals surface area contributed by atoms with Crippen LogP contribution in [0.25, 0.3) is 11.1 Å². The molecule has 3 heterocycles. The Morgan fingerprint density at radius 3 is 1.87 bits per heavy atom. The van der Waals surface area contributed by atoms with Crippen molar-refractivity contribution in [2.75, 3.05) is 24.3 Å². The highest BCUT2D eigenvalue weighted by atomic mass is 35.5. The molecule has 1 atom stereocenters.